The fourth-order valence-corrected chi connectivity index (χ4v) is 3.28. The largest absolute Gasteiger partial charge is 0.459 e. The third-order valence-corrected chi connectivity index (χ3v) is 4.72. The average molecular weight is 375 g/mol. The van der Waals surface area contributed by atoms with Crippen LogP contribution >= 0.6 is 12.4 Å². The van der Waals surface area contributed by atoms with Gasteiger partial charge in [0.1, 0.15) is 11.3 Å². The Balaban J connectivity index is 0.00000196. The van der Waals surface area contributed by atoms with E-state index in [-0.39, 0.29) is 18.3 Å². The van der Waals surface area contributed by atoms with Gasteiger partial charge in [-0.2, -0.15) is 5.10 Å². The molecular formula is C19H23ClN4O2. The summed E-state index contributed by atoms with van der Waals surface area (Å²) in [6.45, 7) is 5.14. The summed E-state index contributed by atoms with van der Waals surface area (Å²) in [6, 6.07) is 10.0. The van der Waals surface area contributed by atoms with Gasteiger partial charge in [0.25, 0.3) is 0 Å². The maximum Gasteiger partial charge on any atom is 0.220 e. The second-order valence-electron chi connectivity index (χ2n) is 6.45. The zero-order valence-electron chi connectivity index (χ0n) is 14.7. The molecule has 26 heavy (non-hydrogen) atoms. The first-order valence-electron chi connectivity index (χ1n) is 8.71. The van der Waals surface area contributed by atoms with E-state index in [2.05, 4.69) is 21.8 Å². The number of rotatable bonds is 5. The number of carbonyl (C=O) groups excluding carboxylic acids is 1. The smallest absolute Gasteiger partial charge is 0.220 e. The van der Waals surface area contributed by atoms with Crippen molar-refractivity contribution < 1.29 is 9.21 Å². The summed E-state index contributed by atoms with van der Waals surface area (Å²) >= 11 is 0. The Morgan fingerprint density at radius 3 is 3.04 bits per heavy atom. The van der Waals surface area contributed by atoms with Gasteiger partial charge in [0, 0.05) is 36.9 Å². The molecule has 0 radical (unpaired) electrons. The molecule has 0 fully saturated rings. The van der Waals surface area contributed by atoms with E-state index in [0.29, 0.717) is 19.4 Å². The van der Waals surface area contributed by atoms with Gasteiger partial charge in [-0.25, -0.2) is 0 Å². The Kier molecular flexibility index (Phi) is 5.64. The number of hydrogen-bond acceptors (Lipinski definition) is 4. The van der Waals surface area contributed by atoms with Gasteiger partial charge in [0.05, 0.1) is 24.5 Å². The van der Waals surface area contributed by atoms with Gasteiger partial charge < -0.3 is 15.1 Å². The summed E-state index contributed by atoms with van der Waals surface area (Å²) in [4.78, 5) is 12.2. The molecule has 1 aromatic carbocycles. The van der Waals surface area contributed by atoms with Crippen LogP contribution < -0.4 is 10.6 Å². The molecule has 0 unspecified atom stereocenters. The topological polar surface area (TPSA) is 72.1 Å². The molecule has 0 bridgehead atoms. The molecule has 3 aromatic rings. The Hall–Kier alpha value is -2.31. The number of hydrogen-bond donors (Lipinski definition) is 2. The Morgan fingerprint density at radius 2 is 2.23 bits per heavy atom. The maximum absolute atomic E-state index is 12.2. The van der Waals surface area contributed by atoms with Crippen molar-refractivity contribution in [3.63, 3.8) is 0 Å². The summed E-state index contributed by atoms with van der Waals surface area (Å²) in [5.41, 5.74) is 4.12. The number of amides is 1. The highest BCUT2D eigenvalue weighted by atomic mass is 35.5. The standard InChI is InChI=1S/C19H22N4O2.ClH/c1-13-16-4-2-3-5-17(16)25-18(13)12-21-19(24)7-6-14-10-15-11-20-8-9-23(15)22-14;/h2-5,10,20H,6-9,11-12H2,1H3,(H,21,24);1H. The Labute approximate surface area is 158 Å². The van der Waals surface area contributed by atoms with E-state index in [9.17, 15) is 4.79 Å². The van der Waals surface area contributed by atoms with Crippen LogP contribution in [0.15, 0.2) is 34.7 Å². The number of nitrogens with one attached hydrogen (secondary N) is 2. The highest BCUT2D eigenvalue weighted by Crippen LogP contribution is 2.24. The molecule has 0 aliphatic carbocycles. The molecule has 2 N–H and O–H groups in total. The van der Waals surface area contributed by atoms with E-state index in [1.807, 2.05) is 35.9 Å². The van der Waals surface area contributed by atoms with E-state index >= 15 is 0 Å². The van der Waals surface area contributed by atoms with Crippen molar-refractivity contribution in [1.29, 1.82) is 0 Å². The van der Waals surface area contributed by atoms with E-state index < -0.39 is 0 Å². The van der Waals surface area contributed by atoms with E-state index in [1.165, 1.54) is 5.69 Å². The van der Waals surface area contributed by atoms with Gasteiger partial charge in [-0.05, 0) is 19.1 Å². The molecule has 1 aliphatic heterocycles. The fourth-order valence-electron chi connectivity index (χ4n) is 3.28. The predicted octanol–water partition coefficient (Wildman–Crippen LogP) is 2.71. The number of para-hydroxylation sites is 1. The van der Waals surface area contributed by atoms with E-state index in [0.717, 1.165) is 47.6 Å². The zero-order valence-corrected chi connectivity index (χ0v) is 15.6. The van der Waals surface area contributed by atoms with Crippen LogP contribution in [0.1, 0.15) is 29.1 Å². The molecule has 2 aromatic heterocycles. The van der Waals surface area contributed by atoms with Crippen LogP contribution in [0.2, 0.25) is 0 Å². The average Bonchev–Trinajstić information content (AvgIpc) is 3.19. The summed E-state index contributed by atoms with van der Waals surface area (Å²) in [5, 5.41) is 11.9. The van der Waals surface area contributed by atoms with Crippen LogP contribution in [0.3, 0.4) is 0 Å². The number of aryl methyl sites for hydroxylation is 2. The van der Waals surface area contributed by atoms with Gasteiger partial charge in [-0.3, -0.25) is 9.48 Å². The first-order chi connectivity index (χ1) is 12.2. The molecule has 7 heteroatoms. The number of halogens is 1. The molecule has 0 spiro atoms. The fraction of sp³-hybridized carbons (Fsp3) is 0.368. The van der Waals surface area contributed by atoms with Crippen molar-refractivity contribution in [2.75, 3.05) is 6.54 Å². The molecule has 3 heterocycles. The molecule has 1 amide bonds. The molecule has 0 saturated heterocycles. The van der Waals surface area contributed by atoms with Crippen molar-refractivity contribution in [2.45, 2.75) is 39.4 Å². The lowest BCUT2D eigenvalue weighted by molar-refractivity contribution is -0.121. The first-order valence-corrected chi connectivity index (χ1v) is 8.71. The number of furan rings is 1. The predicted molar refractivity (Wildman–Crippen MR) is 102 cm³/mol. The van der Waals surface area contributed by atoms with Gasteiger partial charge in [-0.15, -0.1) is 12.4 Å². The lowest BCUT2D eigenvalue weighted by atomic mass is 10.1. The second-order valence-corrected chi connectivity index (χ2v) is 6.45. The Bertz CT molecular complexity index is 892. The van der Waals surface area contributed by atoms with E-state index in [4.69, 9.17) is 4.42 Å². The second kappa shape index (κ2) is 7.93. The number of carbonyl (C=O) groups is 1. The van der Waals surface area contributed by atoms with Crippen molar-refractivity contribution in [3.05, 3.63) is 53.0 Å². The third kappa shape index (κ3) is 3.76. The molecular weight excluding hydrogens is 352 g/mol. The quantitative estimate of drug-likeness (QED) is 0.720. The summed E-state index contributed by atoms with van der Waals surface area (Å²) in [6.07, 6.45) is 1.09. The lowest BCUT2D eigenvalue weighted by Gasteiger charge is -2.13. The molecule has 6 nitrogen and oxygen atoms in total. The molecule has 0 saturated carbocycles. The molecule has 1 aliphatic rings. The van der Waals surface area contributed by atoms with Crippen LogP contribution in [0.25, 0.3) is 11.0 Å². The van der Waals surface area contributed by atoms with Crippen LogP contribution in [-0.2, 0) is 30.8 Å². The molecule has 138 valence electrons. The number of fused-ring (bicyclic) bond motifs is 2. The molecule has 0 atom stereocenters. The minimum atomic E-state index is 0. The molecule has 4 rings (SSSR count). The SMILES string of the molecule is Cc1c(CNC(=O)CCc2cc3n(n2)CCNC3)oc2ccccc12.Cl. The number of aromatic nitrogens is 2. The van der Waals surface area contributed by atoms with Gasteiger partial charge in [0.15, 0.2) is 0 Å². The van der Waals surface area contributed by atoms with Crippen LogP contribution in [0.4, 0.5) is 0 Å². The number of benzene rings is 1. The summed E-state index contributed by atoms with van der Waals surface area (Å²) < 4.78 is 7.86. The monoisotopic (exact) mass is 374 g/mol. The first kappa shape index (κ1) is 18.5. The normalized spacial score (nSPS) is 13.3. The van der Waals surface area contributed by atoms with Crippen LogP contribution in [0, 0.1) is 6.92 Å². The minimum absolute atomic E-state index is 0. The van der Waals surface area contributed by atoms with Gasteiger partial charge >= 0.3 is 0 Å². The van der Waals surface area contributed by atoms with Crippen molar-refractivity contribution >= 4 is 29.3 Å². The Morgan fingerprint density at radius 1 is 1.38 bits per heavy atom. The van der Waals surface area contributed by atoms with Gasteiger partial charge in [-0.1, -0.05) is 18.2 Å². The van der Waals surface area contributed by atoms with Crippen molar-refractivity contribution in [2.24, 2.45) is 0 Å². The lowest BCUT2D eigenvalue weighted by Crippen LogP contribution is -2.28. The number of nitrogens with zero attached hydrogens (tertiary/aromatic N) is 2. The van der Waals surface area contributed by atoms with Gasteiger partial charge in [0.2, 0.25) is 5.91 Å². The van der Waals surface area contributed by atoms with Crippen molar-refractivity contribution in [3.8, 4) is 0 Å². The van der Waals surface area contributed by atoms with Crippen molar-refractivity contribution in [1.82, 2.24) is 20.4 Å². The minimum Gasteiger partial charge on any atom is -0.459 e. The van der Waals surface area contributed by atoms with Crippen LogP contribution in [0.5, 0.6) is 0 Å². The zero-order chi connectivity index (χ0) is 17.2. The van der Waals surface area contributed by atoms with Crippen LogP contribution in [-0.4, -0.2) is 22.2 Å². The highest BCUT2D eigenvalue weighted by molar-refractivity contribution is 5.85. The summed E-state index contributed by atoms with van der Waals surface area (Å²) in [5.74, 6) is 0.835. The third-order valence-electron chi connectivity index (χ3n) is 4.72. The maximum atomic E-state index is 12.2. The van der Waals surface area contributed by atoms with E-state index in [1.54, 1.807) is 0 Å². The highest BCUT2D eigenvalue weighted by Gasteiger charge is 2.14. The summed E-state index contributed by atoms with van der Waals surface area (Å²) in [7, 11) is 0.